The largest absolute Gasteiger partial charge is 0.300 e. The molecule has 0 aromatic carbocycles. The van der Waals surface area contributed by atoms with Gasteiger partial charge in [-0.25, -0.2) is 0 Å². The second-order valence-corrected chi connectivity index (χ2v) is 6.16. The molecule has 0 amide bonds. The van der Waals surface area contributed by atoms with E-state index in [-0.39, 0.29) is 6.04 Å². The number of nitrogens with one attached hydrogen (secondary N) is 1. The number of hydrazine groups is 1. The maximum Gasteiger partial charge on any atom is 0.0504 e. The number of nitrogens with zero attached hydrogens (tertiary/aromatic N) is 2. The van der Waals surface area contributed by atoms with Gasteiger partial charge in [0.25, 0.3) is 0 Å². The molecule has 3 rings (SSSR count). The average Bonchev–Trinajstić information content (AvgIpc) is 2.65. The van der Waals surface area contributed by atoms with Gasteiger partial charge in [-0.05, 0) is 57.2 Å². The molecule has 0 saturated carbocycles. The van der Waals surface area contributed by atoms with Crippen molar-refractivity contribution in [3.8, 4) is 0 Å². The molecule has 0 radical (unpaired) electrons. The van der Waals surface area contributed by atoms with Gasteiger partial charge in [0, 0.05) is 24.0 Å². The van der Waals surface area contributed by atoms with E-state index >= 15 is 0 Å². The SMILES string of the molecule is Cc1ccc(C(NN)C2CC3CCC(C2)N3C)cn1. The maximum atomic E-state index is 5.83. The standard InChI is InChI=1S/C15H24N4/c1-10-3-4-11(9-17-10)15(18-16)12-7-13-5-6-14(8-12)19(13)2/h3-4,9,12-15,18H,5-8,16H2,1-2H3. The minimum absolute atomic E-state index is 0.241. The summed E-state index contributed by atoms with van der Waals surface area (Å²) in [6, 6.07) is 5.97. The molecular weight excluding hydrogens is 236 g/mol. The average molecular weight is 260 g/mol. The summed E-state index contributed by atoms with van der Waals surface area (Å²) < 4.78 is 0. The molecule has 19 heavy (non-hydrogen) atoms. The van der Waals surface area contributed by atoms with Crippen molar-refractivity contribution in [2.45, 2.75) is 50.7 Å². The van der Waals surface area contributed by atoms with Crippen molar-refractivity contribution in [3.05, 3.63) is 29.6 Å². The monoisotopic (exact) mass is 260 g/mol. The Morgan fingerprint density at radius 3 is 2.53 bits per heavy atom. The minimum atomic E-state index is 0.241. The van der Waals surface area contributed by atoms with E-state index in [2.05, 4.69) is 34.5 Å². The molecule has 4 nitrogen and oxygen atoms in total. The van der Waals surface area contributed by atoms with E-state index in [4.69, 9.17) is 5.84 Å². The van der Waals surface area contributed by atoms with Crippen LogP contribution >= 0.6 is 0 Å². The van der Waals surface area contributed by atoms with Gasteiger partial charge >= 0.3 is 0 Å². The molecule has 3 atom stereocenters. The van der Waals surface area contributed by atoms with Crippen molar-refractivity contribution in [2.24, 2.45) is 11.8 Å². The third-order valence-corrected chi connectivity index (χ3v) is 5.08. The van der Waals surface area contributed by atoms with E-state index < -0.39 is 0 Å². The van der Waals surface area contributed by atoms with Crippen molar-refractivity contribution in [3.63, 3.8) is 0 Å². The first-order valence-electron chi connectivity index (χ1n) is 7.29. The van der Waals surface area contributed by atoms with Crippen molar-refractivity contribution < 1.29 is 0 Å². The summed E-state index contributed by atoms with van der Waals surface area (Å²) in [4.78, 5) is 6.97. The van der Waals surface area contributed by atoms with Crippen LogP contribution in [0.2, 0.25) is 0 Å². The van der Waals surface area contributed by atoms with Gasteiger partial charge < -0.3 is 4.90 Å². The predicted molar refractivity (Wildman–Crippen MR) is 76.3 cm³/mol. The van der Waals surface area contributed by atoms with Gasteiger partial charge in [-0.3, -0.25) is 16.3 Å². The first-order chi connectivity index (χ1) is 9.19. The molecule has 4 heteroatoms. The molecule has 2 aliphatic heterocycles. The lowest BCUT2D eigenvalue weighted by Crippen LogP contribution is -2.45. The smallest absolute Gasteiger partial charge is 0.0504 e. The van der Waals surface area contributed by atoms with E-state index in [1.807, 2.05) is 13.1 Å². The van der Waals surface area contributed by atoms with Crippen LogP contribution in [0, 0.1) is 12.8 Å². The van der Waals surface area contributed by atoms with E-state index in [0.29, 0.717) is 5.92 Å². The number of fused-ring (bicyclic) bond motifs is 2. The quantitative estimate of drug-likeness (QED) is 0.642. The highest BCUT2D eigenvalue weighted by molar-refractivity contribution is 5.19. The number of rotatable bonds is 3. The molecular formula is C15H24N4. The van der Waals surface area contributed by atoms with Gasteiger partial charge in [-0.2, -0.15) is 0 Å². The molecule has 2 saturated heterocycles. The van der Waals surface area contributed by atoms with Crippen LogP contribution in [0.25, 0.3) is 0 Å². The first kappa shape index (κ1) is 13.0. The van der Waals surface area contributed by atoms with E-state index in [0.717, 1.165) is 17.8 Å². The van der Waals surface area contributed by atoms with Gasteiger partial charge in [0.05, 0.1) is 6.04 Å². The first-order valence-corrected chi connectivity index (χ1v) is 7.29. The fraction of sp³-hybridized carbons (Fsp3) is 0.667. The van der Waals surface area contributed by atoms with Crippen LogP contribution in [0.4, 0.5) is 0 Å². The number of pyridine rings is 1. The van der Waals surface area contributed by atoms with Crippen molar-refractivity contribution in [2.75, 3.05) is 7.05 Å². The Labute approximate surface area is 115 Å². The van der Waals surface area contributed by atoms with E-state index in [1.165, 1.54) is 31.2 Å². The van der Waals surface area contributed by atoms with Crippen molar-refractivity contribution >= 4 is 0 Å². The summed E-state index contributed by atoms with van der Waals surface area (Å²) >= 11 is 0. The lowest BCUT2D eigenvalue weighted by Gasteiger charge is -2.39. The minimum Gasteiger partial charge on any atom is -0.300 e. The number of hydrogen-bond donors (Lipinski definition) is 2. The highest BCUT2D eigenvalue weighted by atomic mass is 15.2. The Hall–Kier alpha value is -0.970. The zero-order chi connectivity index (χ0) is 13.4. The Morgan fingerprint density at radius 1 is 1.32 bits per heavy atom. The van der Waals surface area contributed by atoms with Crippen LogP contribution < -0.4 is 11.3 Å². The van der Waals surface area contributed by atoms with Gasteiger partial charge in [0.2, 0.25) is 0 Å². The zero-order valence-electron chi connectivity index (χ0n) is 11.8. The number of piperidine rings is 1. The number of nitrogens with two attached hydrogens (primary N) is 1. The summed E-state index contributed by atoms with van der Waals surface area (Å²) in [5.41, 5.74) is 5.32. The highest BCUT2D eigenvalue weighted by Crippen LogP contribution is 2.42. The van der Waals surface area contributed by atoms with Crippen LogP contribution in [-0.4, -0.2) is 29.0 Å². The lowest BCUT2D eigenvalue weighted by molar-refractivity contribution is 0.112. The maximum absolute atomic E-state index is 5.83. The second-order valence-electron chi connectivity index (χ2n) is 6.16. The zero-order valence-corrected chi connectivity index (χ0v) is 11.8. The third kappa shape index (κ3) is 2.40. The summed E-state index contributed by atoms with van der Waals surface area (Å²) in [6.07, 6.45) is 7.16. The van der Waals surface area contributed by atoms with Crippen LogP contribution in [0.3, 0.4) is 0 Å². The normalized spacial score (nSPS) is 32.5. The third-order valence-electron chi connectivity index (χ3n) is 5.08. The summed E-state index contributed by atoms with van der Waals surface area (Å²) in [5, 5.41) is 0. The van der Waals surface area contributed by atoms with Crippen molar-refractivity contribution in [1.82, 2.24) is 15.3 Å². The summed E-state index contributed by atoms with van der Waals surface area (Å²) in [7, 11) is 2.27. The van der Waals surface area contributed by atoms with Crippen LogP contribution in [0.5, 0.6) is 0 Å². The summed E-state index contributed by atoms with van der Waals surface area (Å²) in [6.45, 7) is 2.02. The highest BCUT2D eigenvalue weighted by Gasteiger charge is 2.41. The fourth-order valence-electron chi connectivity index (χ4n) is 3.89. The van der Waals surface area contributed by atoms with Crippen molar-refractivity contribution in [1.29, 1.82) is 0 Å². The van der Waals surface area contributed by atoms with Crippen LogP contribution in [-0.2, 0) is 0 Å². The predicted octanol–water partition coefficient (Wildman–Crippen LogP) is 1.77. The number of aryl methyl sites for hydroxylation is 1. The molecule has 2 aliphatic rings. The molecule has 0 aliphatic carbocycles. The molecule has 3 heterocycles. The molecule has 3 N–H and O–H groups in total. The summed E-state index contributed by atoms with van der Waals surface area (Å²) in [5.74, 6) is 6.46. The van der Waals surface area contributed by atoms with Gasteiger partial charge in [-0.15, -0.1) is 0 Å². The van der Waals surface area contributed by atoms with E-state index in [1.54, 1.807) is 0 Å². The molecule has 2 bridgehead atoms. The molecule has 2 fully saturated rings. The Kier molecular flexibility index (Phi) is 3.56. The lowest BCUT2D eigenvalue weighted by atomic mass is 9.83. The number of aromatic nitrogens is 1. The fourth-order valence-corrected chi connectivity index (χ4v) is 3.89. The molecule has 1 aromatic heterocycles. The molecule has 104 valence electrons. The van der Waals surface area contributed by atoms with Gasteiger partial charge in [0.1, 0.15) is 0 Å². The van der Waals surface area contributed by atoms with E-state index in [9.17, 15) is 0 Å². The Balaban J connectivity index is 1.78. The van der Waals surface area contributed by atoms with Gasteiger partial charge in [-0.1, -0.05) is 6.07 Å². The molecule has 1 aromatic rings. The second kappa shape index (κ2) is 5.19. The molecule has 3 unspecified atom stereocenters. The van der Waals surface area contributed by atoms with Crippen LogP contribution in [0.15, 0.2) is 18.3 Å². The molecule has 0 spiro atoms. The van der Waals surface area contributed by atoms with Gasteiger partial charge in [0.15, 0.2) is 0 Å². The Morgan fingerprint density at radius 2 is 2.00 bits per heavy atom. The number of hydrogen-bond acceptors (Lipinski definition) is 4. The Bertz CT molecular complexity index is 416. The van der Waals surface area contributed by atoms with Crippen LogP contribution in [0.1, 0.15) is 43.0 Å². The topological polar surface area (TPSA) is 54.2 Å².